The lowest BCUT2D eigenvalue weighted by atomic mass is 10.1. The van der Waals surface area contributed by atoms with Gasteiger partial charge in [-0.05, 0) is 7.05 Å². The highest BCUT2D eigenvalue weighted by Crippen LogP contribution is 2.14. The third-order valence-corrected chi connectivity index (χ3v) is 2.47. The van der Waals surface area contributed by atoms with E-state index in [2.05, 4.69) is 17.3 Å². The molecule has 2 saturated heterocycles. The van der Waals surface area contributed by atoms with E-state index in [4.69, 9.17) is 4.74 Å². The predicted molar refractivity (Wildman–Crippen MR) is 50.4 cm³/mol. The highest BCUT2D eigenvalue weighted by molar-refractivity contribution is 4.90. The molecule has 72 valence electrons. The Morgan fingerprint density at radius 2 is 2.08 bits per heavy atom. The summed E-state index contributed by atoms with van der Waals surface area (Å²) < 4.78 is 5.57. The summed E-state index contributed by atoms with van der Waals surface area (Å²) in [4.78, 5) is 2.38. The van der Waals surface area contributed by atoms with E-state index < -0.39 is 0 Å². The van der Waals surface area contributed by atoms with Gasteiger partial charge in [0.05, 0.1) is 12.7 Å². The molecular weight excluding hydrogens is 152 g/mol. The zero-order valence-electron chi connectivity index (χ0n) is 8.34. The fourth-order valence-corrected chi connectivity index (χ4v) is 1.76. The van der Waals surface area contributed by atoms with E-state index >= 15 is 0 Å². The van der Waals surface area contributed by atoms with Crippen molar-refractivity contribution in [2.24, 2.45) is 0 Å². The fraction of sp³-hybridized carbons (Fsp3) is 1.00. The minimum Gasteiger partial charge on any atom is -0.374 e. The van der Waals surface area contributed by atoms with Crippen molar-refractivity contribution in [3.8, 4) is 0 Å². The van der Waals surface area contributed by atoms with Gasteiger partial charge in [0.15, 0.2) is 0 Å². The summed E-state index contributed by atoms with van der Waals surface area (Å²) in [6, 6.07) is 0.633. The number of hydrogen-bond acceptors (Lipinski definition) is 3. The van der Waals surface area contributed by atoms with Gasteiger partial charge in [-0.2, -0.15) is 0 Å². The number of morpholine rings is 1. The van der Waals surface area contributed by atoms with Crippen LogP contribution in [0, 0.1) is 0 Å². The second-order valence-corrected chi connectivity index (χ2v) is 3.12. The Bertz CT molecular complexity index is 130. The third-order valence-electron chi connectivity index (χ3n) is 2.47. The molecule has 2 aliphatic heterocycles. The normalized spacial score (nSPS) is 35.2. The maximum atomic E-state index is 5.57. The first-order valence-electron chi connectivity index (χ1n) is 4.90. The lowest BCUT2D eigenvalue weighted by molar-refractivity contribution is -0.0363. The van der Waals surface area contributed by atoms with Gasteiger partial charge in [0, 0.05) is 25.7 Å². The molecule has 0 aromatic carbocycles. The van der Waals surface area contributed by atoms with Gasteiger partial charge >= 0.3 is 0 Å². The summed E-state index contributed by atoms with van der Waals surface area (Å²) in [5.74, 6) is 0. The average molecular weight is 172 g/mol. The standard InChI is InChI=1S/C7H14N2O.C2H6/c1-9-2-3-10-7-5-8-4-6(7)9;1-2/h6-8H,2-5H2,1H3;1-2H3. The minimum absolute atomic E-state index is 0.457. The molecule has 0 aromatic heterocycles. The Morgan fingerprint density at radius 3 is 2.75 bits per heavy atom. The maximum absolute atomic E-state index is 5.57. The molecule has 12 heavy (non-hydrogen) atoms. The molecule has 0 amide bonds. The van der Waals surface area contributed by atoms with Crippen LogP contribution in [-0.4, -0.2) is 50.3 Å². The molecule has 2 aliphatic rings. The van der Waals surface area contributed by atoms with E-state index in [1.165, 1.54) is 0 Å². The highest BCUT2D eigenvalue weighted by Gasteiger charge is 2.33. The third kappa shape index (κ3) is 1.97. The van der Waals surface area contributed by atoms with Crippen LogP contribution >= 0.6 is 0 Å². The van der Waals surface area contributed by atoms with Crippen LogP contribution in [0.1, 0.15) is 13.8 Å². The second-order valence-electron chi connectivity index (χ2n) is 3.12. The molecule has 0 bridgehead atoms. The van der Waals surface area contributed by atoms with Crippen LogP contribution in [0.15, 0.2) is 0 Å². The molecule has 0 radical (unpaired) electrons. The first-order chi connectivity index (χ1) is 5.88. The number of likely N-dealkylation sites (N-methyl/N-ethyl adjacent to an activating group) is 1. The van der Waals surface area contributed by atoms with E-state index in [0.717, 1.165) is 26.2 Å². The number of fused-ring (bicyclic) bond motifs is 1. The molecule has 0 aliphatic carbocycles. The first kappa shape index (κ1) is 9.96. The molecule has 1 N–H and O–H groups in total. The number of rotatable bonds is 0. The molecule has 0 saturated carbocycles. The minimum atomic E-state index is 0.457. The molecule has 3 nitrogen and oxygen atoms in total. The Labute approximate surface area is 75.1 Å². The Hall–Kier alpha value is -0.120. The van der Waals surface area contributed by atoms with Crippen LogP contribution in [0.4, 0.5) is 0 Å². The van der Waals surface area contributed by atoms with E-state index in [1.807, 2.05) is 13.8 Å². The summed E-state index contributed by atoms with van der Waals surface area (Å²) in [6.45, 7) is 8.12. The van der Waals surface area contributed by atoms with Crippen LogP contribution in [0.5, 0.6) is 0 Å². The SMILES string of the molecule is CC.CN1CCOC2CNCC21. The van der Waals surface area contributed by atoms with Crippen molar-refractivity contribution in [1.29, 1.82) is 0 Å². The van der Waals surface area contributed by atoms with Gasteiger partial charge in [0.2, 0.25) is 0 Å². The lowest BCUT2D eigenvalue weighted by Crippen LogP contribution is -2.48. The summed E-state index contributed by atoms with van der Waals surface area (Å²) in [5.41, 5.74) is 0. The predicted octanol–water partition coefficient (Wildman–Crippen LogP) is 0.315. The molecule has 0 aromatic rings. The van der Waals surface area contributed by atoms with Crippen molar-refractivity contribution in [2.45, 2.75) is 26.0 Å². The van der Waals surface area contributed by atoms with Crippen LogP contribution < -0.4 is 5.32 Å². The molecule has 0 spiro atoms. The van der Waals surface area contributed by atoms with Gasteiger partial charge < -0.3 is 10.1 Å². The zero-order valence-corrected chi connectivity index (χ0v) is 8.34. The summed E-state index contributed by atoms with van der Waals surface area (Å²) >= 11 is 0. The molecule has 2 unspecified atom stereocenters. The lowest BCUT2D eigenvalue weighted by Gasteiger charge is -2.33. The van der Waals surface area contributed by atoms with Crippen molar-refractivity contribution in [3.63, 3.8) is 0 Å². The quantitative estimate of drug-likeness (QED) is 0.569. The molecular formula is C9H20N2O. The maximum Gasteiger partial charge on any atom is 0.0867 e. The van der Waals surface area contributed by atoms with E-state index in [9.17, 15) is 0 Å². The monoisotopic (exact) mass is 172 g/mol. The first-order valence-corrected chi connectivity index (χ1v) is 4.90. The molecule has 2 heterocycles. The van der Waals surface area contributed by atoms with E-state index in [-0.39, 0.29) is 0 Å². The van der Waals surface area contributed by atoms with Gasteiger partial charge in [0.25, 0.3) is 0 Å². The van der Waals surface area contributed by atoms with Crippen molar-refractivity contribution in [1.82, 2.24) is 10.2 Å². The Morgan fingerprint density at radius 1 is 1.33 bits per heavy atom. The van der Waals surface area contributed by atoms with Crippen molar-refractivity contribution < 1.29 is 4.74 Å². The van der Waals surface area contributed by atoms with Gasteiger partial charge in [-0.15, -0.1) is 0 Å². The summed E-state index contributed by atoms with van der Waals surface area (Å²) in [7, 11) is 2.17. The van der Waals surface area contributed by atoms with E-state index in [0.29, 0.717) is 12.1 Å². The van der Waals surface area contributed by atoms with Crippen LogP contribution in [0.3, 0.4) is 0 Å². The number of ether oxygens (including phenoxy) is 1. The summed E-state index contributed by atoms with van der Waals surface area (Å²) in [5, 5.41) is 3.33. The second kappa shape index (κ2) is 4.80. The van der Waals surface area contributed by atoms with Gasteiger partial charge in [-0.3, -0.25) is 4.90 Å². The van der Waals surface area contributed by atoms with Crippen LogP contribution in [-0.2, 0) is 4.74 Å². The fourth-order valence-electron chi connectivity index (χ4n) is 1.76. The van der Waals surface area contributed by atoms with Crippen molar-refractivity contribution in [2.75, 3.05) is 33.3 Å². The van der Waals surface area contributed by atoms with Gasteiger partial charge in [-0.1, -0.05) is 13.8 Å². The smallest absolute Gasteiger partial charge is 0.0867 e. The summed E-state index contributed by atoms with van der Waals surface area (Å²) in [6.07, 6.45) is 0.457. The number of hydrogen-bond donors (Lipinski definition) is 1. The van der Waals surface area contributed by atoms with Crippen molar-refractivity contribution >= 4 is 0 Å². The largest absolute Gasteiger partial charge is 0.374 e. The van der Waals surface area contributed by atoms with Crippen LogP contribution in [0.2, 0.25) is 0 Å². The van der Waals surface area contributed by atoms with Crippen LogP contribution in [0.25, 0.3) is 0 Å². The zero-order chi connectivity index (χ0) is 8.97. The Kier molecular flexibility index (Phi) is 3.98. The molecule has 3 heteroatoms. The molecule has 2 atom stereocenters. The average Bonchev–Trinajstić information content (AvgIpc) is 2.57. The van der Waals surface area contributed by atoms with Gasteiger partial charge in [-0.25, -0.2) is 0 Å². The van der Waals surface area contributed by atoms with E-state index in [1.54, 1.807) is 0 Å². The van der Waals surface area contributed by atoms with Crippen molar-refractivity contribution in [3.05, 3.63) is 0 Å². The topological polar surface area (TPSA) is 24.5 Å². The highest BCUT2D eigenvalue weighted by atomic mass is 16.5. The van der Waals surface area contributed by atoms with Gasteiger partial charge in [0.1, 0.15) is 0 Å². The Balaban J connectivity index is 0.000000336. The number of nitrogens with one attached hydrogen (secondary N) is 1. The molecule has 2 fully saturated rings. The number of nitrogens with zero attached hydrogens (tertiary/aromatic N) is 1. The molecule has 2 rings (SSSR count).